The summed E-state index contributed by atoms with van der Waals surface area (Å²) in [5, 5.41) is 0. The molecule has 1 aliphatic rings. The van der Waals surface area contributed by atoms with Crippen LogP contribution in [-0.4, -0.2) is 11.8 Å². The van der Waals surface area contributed by atoms with Crippen LogP contribution >= 0.6 is 0 Å². The number of ether oxygens (including phenoxy) is 2. The number of rotatable bonds is 7. The lowest BCUT2D eigenvalue weighted by atomic mass is 9.87. The van der Waals surface area contributed by atoms with Crippen molar-refractivity contribution < 1.29 is 14.3 Å². The predicted octanol–water partition coefficient (Wildman–Crippen LogP) is 6.34. The van der Waals surface area contributed by atoms with Gasteiger partial charge in [0.15, 0.2) is 11.4 Å². The Morgan fingerprint density at radius 2 is 1.46 bits per heavy atom. The van der Waals surface area contributed by atoms with Crippen LogP contribution in [0.1, 0.15) is 57.1 Å². The highest BCUT2D eigenvalue weighted by molar-refractivity contribution is 5.85. The molecule has 0 radical (unpaired) electrons. The summed E-state index contributed by atoms with van der Waals surface area (Å²) < 4.78 is 11.3. The highest BCUT2D eigenvalue weighted by Crippen LogP contribution is 2.42. The largest absolute Gasteiger partial charge is 0.514 e. The second-order valence-electron chi connectivity index (χ2n) is 6.93. The first-order chi connectivity index (χ1) is 12.6. The molecule has 1 fully saturated rings. The first kappa shape index (κ1) is 18.2. The van der Waals surface area contributed by atoms with Crippen molar-refractivity contribution in [2.24, 2.45) is 0 Å². The zero-order valence-electron chi connectivity index (χ0n) is 15.5. The minimum absolute atomic E-state index is 0.609. The van der Waals surface area contributed by atoms with Crippen LogP contribution in [0.25, 0.3) is 5.57 Å². The van der Waals surface area contributed by atoms with Crippen molar-refractivity contribution in [2.75, 3.05) is 0 Å². The van der Waals surface area contributed by atoms with Gasteiger partial charge in [0.1, 0.15) is 0 Å². The zero-order valence-corrected chi connectivity index (χ0v) is 15.5. The first-order valence-corrected chi connectivity index (χ1v) is 9.40. The SMILES string of the molecule is CCCCCCC1(C)OC(=O)OC1=C(c1ccccc1)c1ccccc1. The molecule has 1 unspecified atom stereocenters. The summed E-state index contributed by atoms with van der Waals surface area (Å²) in [4.78, 5) is 12.0. The normalized spacial score (nSPS) is 19.2. The highest BCUT2D eigenvalue weighted by atomic mass is 16.8. The van der Waals surface area contributed by atoms with Gasteiger partial charge in [-0.05, 0) is 30.9 Å². The molecule has 2 aromatic carbocycles. The van der Waals surface area contributed by atoms with Crippen LogP contribution in [0.3, 0.4) is 0 Å². The van der Waals surface area contributed by atoms with Crippen LogP contribution in [0.15, 0.2) is 66.4 Å². The maximum absolute atomic E-state index is 12.0. The number of carbonyl (C=O) groups is 1. The molecular formula is C23H26O3. The van der Waals surface area contributed by atoms with Crippen LogP contribution in [0.5, 0.6) is 0 Å². The third-order valence-electron chi connectivity index (χ3n) is 4.83. The van der Waals surface area contributed by atoms with Crippen molar-refractivity contribution in [1.29, 1.82) is 0 Å². The van der Waals surface area contributed by atoms with Gasteiger partial charge in [-0.1, -0.05) is 86.8 Å². The van der Waals surface area contributed by atoms with Crippen molar-refractivity contribution in [3.8, 4) is 0 Å². The monoisotopic (exact) mass is 350 g/mol. The predicted molar refractivity (Wildman–Crippen MR) is 104 cm³/mol. The molecule has 3 heteroatoms. The number of unbranched alkanes of at least 4 members (excludes halogenated alkanes) is 3. The minimum atomic E-state index is -0.730. The van der Waals surface area contributed by atoms with Gasteiger partial charge in [-0.25, -0.2) is 4.79 Å². The number of benzene rings is 2. The second kappa shape index (κ2) is 8.22. The lowest BCUT2D eigenvalue weighted by molar-refractivity contribution is 0.0699. The van der Waals surface area contributed by atoms with E-state index in [0.29, 0.717) is 5.76 Å². The molecule has 0 spiro atoms. The first-order valence-electron chi connectivity index (χ1n) is 9.40. The molecule has 1 aliphatic heterocycles. The molecule has 1 heterocycles. The number of hydrogen-bond donors (Lipinski definition) is 0. The van der Waals surface area contributed by atoms with Gasteiger partial charge in [-0.3, -0.25) is 0 Å². The summed E-state index contributed by atoms with van der Waals surface area (Å²) in [5.41, 5.74) is 2.24. The number of hydrogen-bond acceptors (Lipinski definition) is 3. The molecule has 0 aromatic heterocycles. The van der Waals surface area contributed by atoms with E-state index >= 15 is 0 Å². The van der Waals surface area contributed by atoms with Crippen molar-refractivity contribution in [3.05, 3.63) is 77.5 Å². The van der Waals surface area contributed by atoms with Crippen molar-refractivity contribution in [3.63, 3.8) is 0 Å². The average molecular weight is 350 g/mol. The summed E-state index contributed by atoms with van der Waals surface area (Å²) in [6, 6.07) is 20.1. The molecular weight excluding hydrogens is 324 g/mol. The summed E-state index contributed by atoms with van der Waals surface area (Å²) in [6.07, 6.45) is 4.65. The highest BCUT2D eigenvalue weighted by Gasteiger charge is 2.45. The van der Waals surface area contributed by atoms with E-state index in [-0.39, 0.29) is 0 Å². The molecule has 1 saturated heterocycles. The molecule has 1 atom stereocenters. The van der Waals surface area contributed by atoms with E-state index in [0.717, 1.165) is 36.0 Å². The van der Waals surface area contributed by atoms with Crippen molar-refractivity contribution >= 4 is 11.7 Å². The molecule has 0 bridgehead atoms. The van der Waals surface area contributed by atoms with Crippen molar-refractivity contribution in [2.45, 2.75) is 51.6 Å². The van der Waals surface area contributed by atoms with Crippen LogP contribution in [0.4, 0.5) is 4.79 Å². The maximum Gasteiger partial charge on any atom is 0.514 e. The molecule has 136 valence electrons. The molecule has 26 heavy (non-hydrogen) atoms. The minimum Gasteiger partial charge on any atom is -0.419 e. The van der Waals surface area contributed by atoms with Gasteiger partial charge < -0.3 is 9.47 Å². The summed E-state index contributed by atoms with van der Waals surface area (Å²) in [6.45, 7) is 4.15. The Kier molecular flexibility index (Phi) is 5.77. The van der Waals surface area contributed by atoms with Crippen LogP contribution in [0.2, 0.25) is 0 Å². The Morgan fingerprint density at radius 3 is 2.00 bits per heavy atom. The van der Waals surface area contributed by atoms with Gasteiger partial charge >= 0.3 is 6.16 Å². The Morgan fingerprint density at radius 1 is 0.885 bits per heavy atom. The maximum atomic E-state index is 12.0. The van der Waals surface area contributed by atoms with Gasteiger partial charge in [0.25, 0.3) is 0 Å². The third kappa shape index (κ3) is 3.98. The lowest BCUT2D eigenvalue weighted by Crippen LogP contribution is -2.27. The Bertz CT molecular complexity index is 723. The fourth-order valence-electron chi connectivity index (χ4n) is 3.45. The van der Waals surface area contributed by atoms with E-state index in [2.05, 4.69) is 6.92 Å². The van der Waals surface area contributed by atoms with E-state index in [1.54, 1.807) is 0 Å². The summed E-state index contributed by atoms with van der Waals surface area (Å²) in [7, 11) is 0. The Balaban J connectivity index is 2.06. The van der Waals surface area contributed by atoms with Crippen LogP contribution in [0, 0.1) is 0 Å². The third-order valence-corrected chi connectivity index (χ3v) is 4.83. The Labute approximate surface area is 155 Å². The van der Waals surface area contributed by atoms with Crippen LogP contribution < -0.4 is 0 Å². The number of cyclic esters (lactones) is 2. The molecule has 0 aliphatic carbocycles. The molecule has 2 aromatic rings. The van der Waals surface area contributed by atoms with Gasteiger partial charge in [-0.2, -0.15) is 0 Å². The fraction of sp³-hybridized carbons (Fsp3) is 0.348. The van der Waals surface area contributed by atoms with E-state index in [9.17, 15) is 4.79 Å². The lowest BCUT2D eigenvalue weighted by Gasteiger charge is -2.24. The molecule has 0 amide bonds. The van der Waals surface area contributed by atoms with Gasteiger partial charge in [-0.15, -0.1) is 0 Å². The van der Waals surface area contributed by atoms with Gasteiger partial charge in [0, 0.05) is 5.57 Å². The fourth-order valence-corrected chi connectivity index (χ4v) is 3.45. The second-order valence-corrected chi connectivity index (χ2v) is 6.93. The molecule has 0 N–H and O–H groups in total. The van der Waals surface area contributed by atoms with Gasteiger partial charge in [0.2, 0.25) is 0 Å². The zero-order chi connectivity index (χ0) is 18.4. The van der Waals surface area contributed by atoms with Gasteiger partial charge in [0.05, 0.1) is 0 Å². The molecule has 3 nitrogen and oxygen atoms in total. The standard InChI is InChI=1S/C23H26O3/c1-3-4-5-12-17-23(2)21(25-22(24)26-23)20(18-13-8-6-9-14-18)19-15-10-7-11-16-19/h6-11,13-16H,3-5,12,17H2,1-2H3. The summed E-state index contributed by atoms with van der Waals surface area (Å²) >= 11 is 0. The van der Waals surface area contributed by atoms with E-state index in [1.807, 2.05) is 67.6 Å². The molecule has 3 rings (SSSR count). The molecule has 0 saturated carbocycles. The van der Waals surface area contributed by atoms with E-state index in [4.69, 9.17) is 9.47 Å². The smallest absolute Gasteiger partial charge is 0.419 e. The van der Waals surface area contributed by atoms with Crippen LogP contribution in [-0.2, 0) is 9.47 Å². The topological polar surface area (TPSA) is 35.5 Å². The van der Waals surface area contributed by atoms with E-state index in [1.165, 1.54) is 12.8 Å². The summed E-state index contributed by atoms with van der Waals surface area (Å²) in [5.74, 6) is 0.622. The number of carbonyl (C=O) groups excluding carboxylic acids is 1. The Hall–Kier alpha value is -2.55. The average Bonchev–Trinajstić information content (AvgIpc) is 2.95. The van der Waals surface area contributed by atoms with Crippen molar-refractivity contribution in [1.82, 2.24) is 0 Å². The quantitative estimate of drug-likeness (QED) is 0.431. The van der Waals surface area contributed by atoms with E-state index < -0.39 is 11.8 Å².